The van der Waals surface area contributed by atoms with Crippen LogP contribution < -0.4 is 10.1 Å². The zero-order valence-electron chi connectivity index (χ0n) is 15.3. The Morgan fingerprint density at radius 1 is 0.967 bits per heavy atom. The number of hydrogen-bond donors (Lipinski definition) is 1. The summed E-state index contributed by atoms with van der Waals surface area (Å²) in [5, 5.41) is 4.16. The van der Waals surface area contributed by atoms with Crippen LogP contribution in [0.5, 0.6) is 5.75 Å². The van der Waals surface area contributed by atoms with E-state index in [1.165, 1.54) is 19.2 Å². The van der Waals surface area contributed by atoms with E-state index >= 15 is 0 Å². The fraction of sp³-hybridized carbons (Fsp3) is 0.0476. The number of oxazole rings is 1. The molecule has 0 spiro atoms. The van der Waals surface area contributed by atoms with Gasteiger partial charge in [-0.3, -0.25) is 4.79 Å². The highest BCUT2D eigenvalue weighted by molar-refractivity contribution is 6.37. The molecule has 152 valence electrons. The van der Waals surface area contributed by atoms with Crippen LogP contribution in [0.3, 0.4) is 0 Å². The number of halogens is 4. The number of amides is 1. The lowest BCUT2D eigenvalue weighted by Gasteiger charge is -2.12. The van der Waals surface area contributed by atoms with Crippen LogP contribution in [0.2, 0.25) is 20.1 Å². The summed E-state index contributed by atoms with van der Waals surface area (Å²) in [6, 6.07) is 13.1. The molecule has 4 aromatic rings. The van der Waals surface area contributed by atoms with Crippen LogP contribution in [0.1, 0.15) is 10.4 Å². The molecule has 0 aliphatic heterocycles. The molecule has 0 saturated carbocycles. The summed E-state index contributed by atoms with van der Waals surface area (Å²) in [5.74, 6) is 0.0872. The first kappa shape index (κ1) is 20.8. The van der Waals surface area contributed by atoms with E-state index in [1.54, 1.807) is 36.4 Å². The minimum Gasteiger partial charge on any atom is -0.494 e. The molecule has 0 aliphatic carbocycles. The molecule has 3 aromatic carbocycles. The van der Waals surface area contributed by atoms with Crippen LogP contribution in [-0.4, -0.2) is 18.0 Å². The molecule has 0 radical (unpaired) electrons. The Morgan fingerprint density at radius 2 is 1.77 bits per heavy atom. The number of fused-ring (bicyclic) bond motifs is 1. The van der Waals surface area contributed by atoms with Gasteiger partial charge in [-0.2, -0.15) is 0 Å². The molecular formula is C21H12Cl4N2O3. The Hall–Kier alpha value is -2.44. The second kappa shape index (κ2) is 8.36. The first-order chi connectivity index (χ1) is 14.4. The lowest BCUT2D eigenvalue weighted by molar-refractivity contribution is 0.102. The van der Waals surface area contributed by atoms with Crippen molar-refractivity contribution in [2.45, 2.75) is 0 Å². The van der Waals surface area contributed by atoms with Crippen LogP contribution in [0.25, 0.3) is 22.6 Å². The quantitative estimate of drug-likeness (QED) is 0.330. The van der Waals surface area contributed by atoms with Gasteiger partial charge in [-0.1, -0.05) is 46.4 Å². The van der Waals surface area contributed by atoms with Crippen LogP contribution in [0, 0.1) is 0 Å². The zero-order valence-corrected chi connectivity index (χ0v) is 18.3. The number of carbonyl (C=O) groups excluding carboxylic acids is 1. The van der Waals surface area contributed by atoms with Gasteiger partial charge in [0.2, 0.25) is 5.89 Å². The van der Waals surface area contributed by atoms with E-state index in [0.717, 1.165) is 0 Å². The summed E-state index contributed by atoms with van der Waals surface area (Å²) in [6.45, 7) is 0. The largest absolute Gasteiger partial charge is 0.494 e. The van der Waals surface area contributed by atoms with Crippen molar-refractivity contribution in [3.05, 3.63) is 74.2 Å². The molecule has 1 N–H and O–H groups in total. The van der Waals surface area contributed by atoms with Gasteiger partial charge < -0.3 is 14.5 Å². The van der Waals surface area contributed by atoms with Crippen LogP contribution >= 0.6 is 46.4 Å². The standard InChI is InChI=1S/C21H12Cl4N2O3/c1-29-19-13(7-12(23)8-15(19)25)20(28)26-16-6-10(2-4-14(16)24)21-27-17-9-11(22)3-5-18(17)30-21/h2-9H,1H3,(H,26,28). The fourth-order valence-electron chi connectivity index (χ4n) is 2.90. The van der Waals surface area contributed by atoms with E-state index in [1.807, 2.05) is 0 Å². The number of ether oxygens (including phenoxy) is 1. The minimum atomic E-state index is -0.486. The maximum atomic E-state index is 12.9. The topological polar surface area (TPSA) is 64.4 Å². The highest BCUT2D eigenvalue weighted by Gasteiger charge is 2.19. The Labute approximate surface area is 191 Å². The summed E-state index contributed by atoms with van der Waals surface area (Å²) in [5.41, 5.74) is 2.37. The number of methoxy groups -OCH3 is 1. The lowest BCUT2D eigenvalue weighted by Crippen LogP contribution is -2.14. The summed E-state index contributed by atoms with van der Waals surface area (Å²) in [7, 11) is 1.42. The van der Waals surface area contributed by atoms with Crippen molar-refractivity contribution in [2.24, 2.45) is 0 Å². The van der Waals surface area contributed by atoms with Gasteiger partial charge >= 0.3 is 0 Å². The molecule has 1 aromatic heterocycles. The van der Waals surface area contributed by atoms with Gasteiger partial charge in [-0.15, -0.1) is 0 Å². The predicted octanol–water partition coefficient (Wildman–Crippen LogP) is 7.37. The number of anilines is 1. The second-order valence-electron chi connectivity index (χ2n) is 6.25. The molecule has 1 heterocycles. The smallest absolute Gasteiger partial charge is 0.259 e. The highest BCUT2D eigenvalue weighted by Crippen LogP contribution is 2.35. The van der Waals surface area contributed by atoms with Crippen LogP contribution in [0.4, 0.5) is 5.69 Å². The maximum Gasteiger partial charge on any atom is 0.259 e. The SMILES string of the molecule is COc1c(Cl)cc(Cl)cc1C(=O)Nc1cc(-c2nc3cc(Cl)ccc3o2)ccc1Cl. The van der Waals surface area contributed by atoms with Crippen molar-refractivity contribution in [1.29, 1.82) is 0 Å². The van der Waals surface area contributed by atoms with Gasteiger partial charge in [-0.05, 0) is 48.5 Å². The van der Waals surface area contributed by atoms with E-state index in [-0.39, 0.29) is 16.3 Å². The monoisotopic (exact) mass is 480 g/mol. The molecule has 0 bridgehead atoms. The molecule has 30 heavy (non-hydrogen) atoms. The molecule has 0 aliphatic rings. The maximum absolute atomic E-state index is 12.9. The zero-order chi connectivity index (χ0) is 21.4. The average Bonchev–Trinajstić information content (AvgIpc) is 3.12. The van der Waals surface area contributed by atoms with Crippen molar-refractivity contribution >= 4 is 69.1 Å². The molecule has 0 unspecified atom stereocenters. The summed E-state index contributed by atoms with van der Waals surface area (Å²) < 4.78 is 11.0. The third-order valence-corrected chi connectivity index (χ3v) is 5.33. The summed E-state index contributed by atoms with van der Waals surface area (Å²) in [6.07, 6.45) is 0. The van der Waals surface area contributed by atoms with Crippen molar-refractivity contribution in [2.75, 3.05) is 12.4 Å². The number of nitrogens with one attached hydrogen (secondary N) is 1. The highest BCUT2D eigenvalue weighted by atomic mass is 35.5. The van der Waals surface area contributed by atoms with E-state index in [0.29, 0.717) is 43.3 Å². The number of benzene rings is 3. The first-order valence-corrected chi connectivity index (χ1v) is 10.1. The third kappa shape index (κ3) is 4.07. The summed E-state index contributed by atoms with van der Waals surface area (Å²) in [4.78, 5) is 17.3. The van der Waals surface area contributed by atoms with Gasteiger partial charge in [0.1, 0.15) is 11.3 Å². The van der Waals surface area contributed by atoms with E-state index < -0.39 is 5.91 Å². The number of carbonyl (C=O) groups is 1. The van der Waals surface area contributed by atoms with Gasteiger partial charge in [0, 0.05) is 15.6 Å². The molecule has 0 saturated heterocycles. The average molecular weight is 482 g/mol. The number of rotatable bonds is 4. The number of nitrogens with zero attached hydrogens (tertiary/aromatic N) is 1. The molecule has 0 fully saturated rings. The van der Waals surface area contributed by atoms with E-state index in [9.17, 15) is 4.79 Å². The normalized spacial score (nSPS) is 11.0. The van der Waals surface area contributed by atoms with Gasteiger partial charge in [0.05, 0.1) is 28.4 Å². The van der Waals surface area contributed by atoms with Gasteiger partial charge in [0.25, 0.3) is 5.91 Å². The lowest BCUT2D eigenvalue weighted by atomic mass is 10.1. The minimum absolute atomic E-state index is 0.174. The first-order valence-electron chi connectivity index (χ1n) is 8.56. The van der Waals surface area contributed by atoms with Crippen molar-refractivity contribution in [3.8, 4) is 17.2 Å². The number of hydrogen-bond acceptors (Lipinski definition) is 4. The van der Waals surface area contributed by atoms with Gasteiger partial charge in [0.15, 0.2) is 5.58 Å². The molecule has 1 amide bonds. The van der Waals surface area contributed by atoms with Crippen molar-refractivity contribution in [1.82, 2.24) is 4.98 Å². The van der Waals surface area contributed by atoms with Crippen molar-refractivity contribution in [3.63, 3.8) is 0 Å². The van der Waals surface area contributed by atoms with Crippen molar-refractivity contribution < 1.29 is 13.9 Å². The molecule has 9 heteroatoms. The molecule has 5 nitrogen and oxygen atoms in total. The number of aromatic nitrogens is 1. The molecular weight excluding hydrogens is 470 g/mol. The second-order valence-corrected chi connectivity index (χ2v) is 7.94. The Balaban J connectivity index is 1.69. The van der Waals surface area contributed by atoms with Crippen LogP contribution in [-0.2, 0) is 0 Å². The third-order valence-electron chi connectivity index (χ3n) is 4.27. The predicted molar refractivity (Wildman–Crippen MR) is 120 cm³/mol. The van der Waals surface area contributed by atoms with E-state index in [2.05, 4.69) is 10.3 Å². The molecule has 4 rings (SSSR count). The van der Waals surface area contributed by atoms with Gasteiger partial charge in [-0.25, -0.2) is 4.98 Å². The Bertz CT molecular complexity index is 1290. The Kier molecular flexibility index (Phi) is 5.80. The molecule has 0 atom stereocenters. The summed E-state index contributed by atoms with van der Waals surface area (Å²) >= 11 is 24.4. The van der Waals surface area contributed by atoms with E-state index in [4.69, 9.17) is 55.6 Å². The van der Waals surface area contributed by atoms with Crippen LogP contribution in [0.15, 0.2) is 52.9 Å². The fourth-order valence-corrected chi connectivity index (χ4v) is 3.81. The Morgan fingerprint density at radius 3 is 2.53 bits per heavy atom.